The monoisotopic (exact) mass is 735 g/mol. The smallest absolute Gasteiger partial charge is 0.272 e. The summed E-state index contributed by atoms with van der Waals surface area (Å²) >= 11 is 0. The van der Waals surface area contributed by atoms with E-state index in [1.54, 1.807) is 11.0 Å². The third-order valence-corrected chi connectivity index (χ3v) is 10.9. The summed E-state index contributed by atoms with van der Waals surface area (Å²) in [7, 11) is 2.08. The summed E-state index contributed by atoms with van der Waals surface area (Å²) in [5, 5.41) is 14.1. The van der Waals surface area contributed by atoms with E-state index in [-0.39, 0.29) is 53.3 Å². The second-order valence-corrected chi connectivity index (χ2v) is 15.0. The Hall–Kier alpha value is -5.41. The van der Waals surface area contributed by atoms with Crippen LogP contribution in [-0.4, -0.2) is 94.8 Å². The standard InChI is InChI=1S/C39H49N11O4/c1-3-32-36-28(19-42-50(36)26-21-48(22-26)20-25-6-4-9-30(43-25)39(53)49-14-16-54-17-15-49)27-7-5-8-29(35(27)47(32)2)45-31(34(41)38(52)44-24-12-13-24)18-33(40)46-37(51)23-10-11-23/h4-9,18-19,23-24,26,32,45H,3,10-17,20-22,40-41H2,1-2H3,(H,44,52)(H,46,51)/b33-18+,34-31+. The van der Waals surface area contributed by atoms with Crippen molar-refractivity contribution in [2.75, 3.05) is 56.7 Å². The molecule has 54 heavy (non-hydrogen) atoms. The molecule has 2 aliphatic carbocycles. The molecule has 3 aromatic rings. The van der Waals surface area contributed by atoms with Gasteiger partial charge in [0.1, 0.15) is 17.2 Å². The number of carbonyl (C=O) groups is 3. The SMILES string of the molecule is CCC1c2c(cnn2C2CN(Cc3cccc(C(=O)N4CCOCC4)n3)C2)-c2cccc(NC(/C=C(\N)NC(=O)C3CC3)=C(/N)C(=O)NC3CC3)c2N1C. The number of pyridine rings is 1. The average Bonchev–Trinajstić information content (AvgIpc) is 4.11. The molecule has 0 radical (unpaired) electrons. The van der Waals surface area contributed by atoms with Gasteiger partial charge in [-0.3, -0.25) is 24.0 Å². The predicted octanol–water partition coefficient (Wildman–Crippen LogP) is 2.56. The number of rotatable bonds is 12. The number of hydrogen-bond donors (Lipinski definition) is 5. The lowest BCUT2D eigenvalue weighted by Gasteiger charge is -2.43. The minimum absolute atomic E-state index is 0.0118. The summed E-state index contributed by atoms with van der Waals surface area (Å²) in [5.74, 6) is -0.480. The Labute approximate surface area is 314 Å². The number of amides is 3. The number of likely N-dealkylation sites (tertiary alicyclic amines) is 1. The highest BCUT2D eigenvalue weighted by Crippen LogP contribution is 2.49. The molecule has 4 fully saturated rings. The number of allylic oxidation sites excluding steroid dienone is 1. The molecule has 3 amide bonds. The van der Waals surface area contributed by atoms with Gasteiger partial charge in [-0.1, -0.05) is 25.1 Å². The van der Waals surface area contributed by atoms with Gasteiger partial charge in [0.2, 0.25) is 5.91 Å². The maximum atomic E-state index is 13.2. The van der Waals surface area contributed by atoms with Crippen LogP contribution in [0.25, 0.3) is 11.1 Å². The van der Waals surface area contributed by atoms with Crippen LogP contribution in [0, 0.1) is 5.92 Å². The maximum Gasteiger partial charge on any atom is 0.272 e. The van der Waals surface area contributed by atoms with E-state index in [4.69, 9.17) is 26.3 Å². The molecule has 1 unspecified atom stereocenters. The van der Waals surface area contributed by atoms with Crippen molar-refractivity contribution in [2.24, 2.45) is 17.4 Å². The minimum Gasteiger partial charge on any atom is -0.393 e. The highest BCUT2D eigenvalue weighted by atomic mass is 16.5. The molecule has 0 spiro atoms. The highest BCUT2D eigenvalue weighted by Gasteiger charge is 2.38. The summed E-state index contributed by atoms with van der Waals surface area (Å²) in [5.41, 5.74) is 19.3. The first-order chi connectivity index (χ1) is 26.2. The van der Waals surface area contributed by atoms with Gasteiger partial charge in [0, 0.05) is 68.9 Å². The Kier molecular flexibility index (Phi) is 9.75. The topological polar surface area (TPSA) is 189 Å². The number of para-hydroxylation sites is 1. The molecule has 7 N–H and O–H groups in total. The van der Waals surface area contributed by atoms with Crippen LogP contribution < -0.4 is 32.3 Å². The van der Waals surface area contributed by atoms with Crippen LogP contribution in [0.2, 0.25) is 0 Å². The van der Waals surface area contributed by atoms with E-state index >= 15 is 0 Å². The molecule has 15 nitrogen and oxygen atoms in total. The highest BCUT2D eigenvalue weighted by molar-refractivity contribution is 5.97. The Morgan fingerprint density at radius 1 is 1.00 bits per heavy atom. The lowest BCUT2D eigenvalue weighted by Crippen LogP contribution is -2.48. The molecule has 5 heterocycles. The van der Waals surface area contributed by atoms with Crippen molar-refractivity contribution in [3.05, 3.63) is 83.0 Å². The van der Waals surface area contributed by atoms with E-state index < -0.39 is 0 Å². The number of carbonyl (C=O) groups excluding carboxylic acids is 3. The van der Waals surface area contributed by atoms with E-state index in [1.165, 1.54) is 6.08 Å². The maximum absolute atomic E-state index is 13.2. The second kappa shape index (κ2) is 14.8. The van der Waals surface area contributed by atoms with Crippen molar-refractivity contribution >= 4 is 29.1 Å². The normalized spacial score (nSPS) is 20.7. The fourth-order valence-corrected chi connectivity index (χ4v) is 7.64. The number of nitrogens with two attached hydrogens (primary N) is 2. The lowest BCUT2D eigenvalue weighted by molar-refractivity contribution is -0.121. The van der Waals surface area contributed by atoms with E-state index in [0.717, 1.165) is 79.1 Å². The Bertz CT molecular complexity index is 2000. The van der Waals surface area contributed by atoms with Crippen molar-refractivity contribution in [2.45, 2.75) is 63.7 Å². The first kappa shape index (κ1) is 35.6. The van der Waals surface area contributed by atoms with Crippen molar-refractivity contribution in [1.29, 1.82) is 0 Å². The van der Waals surface area contributed by atoms with E-state index in [0.29, 0.717) is 44.2 Å². The molecule has 2 aromatic heterocycles. The minimum atomic E-state index is -0.384. The second-order valence-electron chi connectivity index (χ2n) is 15.0. The molecule has 2 saturated carbocycles. The zero-order chi connectivity index (χ0) is 37.5. The van der Waals surface area contributed by atoms with Crippen LogP contribution in [0.1, 0.15) is 73.0 Å². The molecule has 1 aromatic carbocycles. The Balaban J connectivity index is 1.02. The van der Waals surface area contributed by atoms with Gasteiger partial charge in [0.05, 0.1) is 60.0 Å². The van der Waals surface area contributed by atoms with Crippen LogP contribution in [0.4, 0.5) is 11.4 Å². The molecular formula is C39H49N11O4. The van der Waals surface area contributed by atoms with Gasteiger partial charge in [-0.15, -0.1) is 0 Å². The summed E-state index contributed by atoms with van der Waals surface area (Å²) in [4.78, 5) is 49.8. The van der Waals surface area contributed by atoms with Crippen LogP contribution in [0.5, 0.6) is 0 Å². The van der Waals surface area contributed by atoms with Crippen LogP contribution >= 0.6 is 0 Å². The molecule has 8 rings (SSSR count). The molecular weight excluding hydrogens is 687 g/mol. The largest absolute Gasteiger partial charge is 0.393 e. The quantitative estimate of drug-likeness (QED) is 0.136. The zero-order valence-corrected chi connectivity index (χ0v) is 30.9. The molecule has 5 aliphatic rings. The lowest BCUT2D eigenvalue weighted by atomic mass is 9.91. The van der Waals surface area contributed by atoms with E-state index in [1.807, 2.05) is 30.5 Å². The van der Waals surface area contributed by atoms with Gasteiger partial charge >= 0.3 is 0 Å². The molecule has 3 aliphatic heterocycles. The number of anilines is 2. The van der Waals surface area contributed by atoms with Crippen LogP contribution in [-0.2, 0) is 20.9 Å². The van der Waals surface area contributed by atoms with E-state index in [2.05, 4.69) is 50.5 Å². The number of hydrogen-bond acceptors (Lipinski definition) is 11. The number of benzene rings is 1. The van der Waals surface area contributed by atoms with Gasteiger partial charge in [-0.2, -0.15) is 5.10 Å². The molecule has 0 bridgehead atoms. The van der Waals surface area contributed by atoms with Crippen LogP contribution in [0.3, 0.4) is 0 Å². The Morgan fingerprint density at radius 3 is 2.48 bits per heavy atom. The third-order valence-electron chi connectivity index (χ3n) is 10.9. The fourth-order valence-electron chi connectivity index (χ4n) is 7.64. The average molecular weight is 736 g/mol. The number of morpholine rings is 1. The number of aromatic nitrogens is 3. The van der Waals surface area contributed by atoms with Gasteiger partial charge in [0.25, 0.3) is 11.8 Å². The van der Waals surface area contributed by atoms with Gasteiger partial charge in [-0.05, 0) is 50.3 Å². The van der Waals surface area contributed by atoms with Crippen molar-refractivity contribution in [3.8, 4) is 11.1 Å². The first-order valence-corrected chi connectivity index (χ1v) is 19.0. The summed E-state index contributed by atoms with van der Waals surface area (Å²) in [6.07, 6.45) is 7.85. The molecule has 2 saturated heterocycles. The molecule has 1 atom stereocenters. The van der Waals surface area contributed by atoms with Crippen molar-refractivity contribution in [1.82, 2.24) is 35.2 Å². The summed E-state index contributed by atoms with van der Waals surface area (Å²) < 4.78 is 7.59. The van der Waals surface area contributed by atoms with Gasteiger partial charge in [0.15, 0.2) is 0 Å². The molecule has 15 heteroatoms. The van der Waals surface area contributed by atoms with Crippen molar-refractivity contribution < 1.29 is 19.1 Å². The van der Waals surface area contributed by atoms with E-state index in [9.17, 15) is 14.4 Å². The molecule has 284 valence electrons. The van der Waals surface area contributed by atoms with Crippen molar-refractivity contribution in [3.63, 3.8) is 0 Å². The zero-order valence-electron chi connectivity index (χ0n) is 30.9. The Morgan fingerprint density at radius 2 is 1.76 bits per heavy atom. The van der Waals surface area contributed by atoms with Crippen LogP contribution in [0.15, 0.2) is 65.9 Å². The summed E-state index contributed by atoms with van der Waals surface area (Å²) in [6.45, 7) is 6.73. The third kappa shape index (κ3) is 7.25. The number of nitrogens with one attached hydrogen (secondary N) is 3. The first-order valence-electron chi connectivity index (χ1n) is 19.0. The van der Waals surface area contributed by atoms with Gasteiger partial charge in [-0.25, -0.2) is 4.98 Å². The fraction of sp³-hybridized carbons (Fsp3) is 0.462. The predicted molar refractivity (Wildman–Crippen MR) is 204 cm³/mol. The number of nitrogens with zero attached hydrogens (tertiary/aromatic N) is 6. The summed E-state index contributed by atoms with van der Waals surface area (Å²) in [6, 6.07) is 12.0. The number of fused-ring (bicyclic) bond motifs is 3. The van der Waals surface area contributed by atoms with Gasteiger partial charge < -0.3 is 42.0 Å². The number of ether oxygens (including phenoxy) is 1.